The SMILES string of the molecule is IC#Cc1cncc(C#CI)c1. The van der Waals surface area contributed by atoms with E-state index in [1.54, 1.807) is 12.4 Å². The Hall–Kier alpha value is -0.270. The molecule has 0 spiro atoms. The number of halogens is 2. The molecular weight excluding hydrogens is 376 g/mol. The third-order valence-electron chi connectivity index (χ3n) is 1.12. The van der Waals surface area contributed by atoms with Crippen LogP contribution in [-0.2, 0) is 0 Å². The molecule has 0 atom stereocenters. The Kier molecular flexibility index (Phi) is 4.41. The van der Waals surface area contributed by atoms with Crippen molar-refractivity contribution in [2.24, 2.45) is 0 Å². The van der Waals surface area contributed by atoms with Crippen molar-refractivity contribution in [3.05, 3.63) is 29.6 Å². The largest absolute Gasteiger partial charge is 0.262 e. The van der Waals surface area contributed by atoms with E-state index in [4.69, 9.17) is 0 Å². The minimum absolute atomic E-state index is 0.904. The van der Waals surface area contributed by atoms with E-state index in [0.29, 0.717) is 0 Å². The highest BCUT2D eigenvalue weighted by molar-refractivity contribution is 14.1. The fourth-order valence-corrected chi connectivity index (χ4v) is 1.31. The first kappa shape index (κ1) is 9.82. The fraction of sp³-hybridized carbons (Fsp3) is 0. The summed E-state index contributed by atoms with van der Waals surface area (Å²) in [6.07, 6.45) is 3.45. The molecule has 1 aromatic rings. The molecule has 0 saturated heterocycles. The Morgan fingerprint density at radius 3 is 1.92 bits per heavy atom. The summed E-state index contributed by atoms with van der Waals surface area (Å²) >= 11 is 4.00. The van der Waals surface area contributed by atoms with E-state index >= 15 is 0 Å². The molecular formula is C9H3I2N. The molecule has 12 heavy (non-hydrogen) atoms. The predicted octanol–water partition coefficient (Wildman–Crippen LogP) is 2.57. The van der Waals surface area contributed by atoms with Gasteiger partial charge in [0.2, 0.25) is 0 Å². The minimum atomic E-state index is 0.904. The van der Waals surface area contributed by atoms with Gasteiger partial charge in [0.1, 0.15) is 0 Å². The van der Waals surface area contributed by atoms with Crippen LogP contribution in [0.15, 0.2) is 18.5 Å². The Bertz CT molecular complexity index is 355. The summed E-state index contributed by atoms with van der Waals surface area (Å²) < 4.78 is 5.57. The van der Waals surface area contributed by atoms with E-state index in [-0.39, 0.29) is 0 Å². The molecule has 0 N–H and O–H groups in total. The molecule has 58 valence electrons. The number of rotatable bonds is 0. The van der Waals surface area contributed by atoms with E-state index in [1.807, 2.05) is 51.2 Å². The van der Waals surface area contributed by atoms with Gasteiger partial charge in [0, 0.05) is 68.7 Å². The monoisotopic (exact) mass is 379 g/mol. The van der Waals surface area contributed by atoms with Crippen molar-refractivity contribution >= 4 is 45.2 Å². The maximum atomic E-state index is 4.01. The van der Waals surface area contributed by atoms with Gasteiger partial charge in [-0.15, -0.1) is 0 Å². The summed E-state index contributed by atoms with van der Waals surface area (Å²) in [6, 6.07) is 1.92. The van der Waals surface area contributed by atoms with Crippen molar-refractivity contribution < 1.29 is 0 Å². The van der Waals surface area contributed by atoms with Gasteiger partial charge in [-0.25, -0.2) is 0 Å². The van der Waals surface area contributed by atoms with Crippen molar-refractivity contribution in [1.82, 2.24) is 4.98 Å². The van der Waals surface area contributed by atoms with Crippen LogP contribution in [0, 0.1) is 19.7 Å². The van der Waals surface area contributed by atoms with Gasteiger partial charge in [0.25, 0.3) is 0 Å². The van der Waals surface area contributed by atoms with E-state index in [9.17, 15) is 0 Å². The van der Waals surface area contributed by atoms with Crippen LogP contribution in [0.1, 0.15) is 11.1 Å². The Morgan fingerprint density at radius 1 is 1.00 bits per heavy atom. The highest BCUT2D eigenvalue weighted by Gasteiger charge is 1.89. The molecule has 0 aliphatic heterocycles. The van der Waals surface area contributed by atoms with Gasteiger partial charge in [0.15, 0.2) is 0 Å². The van der Waals surface area contributed by atoms with Crippen molar-refractivity contribution in [2.75, 3.05) is 0 Å². The zero-order valence-electron chi connectivity index (χ0n) is 5.94. The summed E-state index contributed by atoms with van der Waals surface area (Å²) in [7, 11) is 0. The predicted molar refractivity (Wildman–Crippen MR) is 66.0 cm³/mol. The average Bonchev–Trinajstić information content (AvgIpc) is 2.06. The van der Waals surface area contributed by atoms with Gasteiger partial charge in [-0.1, -0.05) is 11.8 Å². The first-order valence-electron chi connectivity index (χ1n) is 3.05. The molecule has 1 rings (SSSR count). The summed E-state index contributed by atoms with van der Waals surface area (Å²) in [5, 5.41) is 0. The fourth-order valence-electron chi connectivity index (χ4n) is 0.686. The van der Waals surface area contributed by atoms with Gasteiger partial charge in [-0.2, -0.15) is 0 Å². The van der Waals surface area contributed by atoms with Crippen LogP contribution in [0.5, 0.6) is 0 Å². The van der Waals surface area contributed by atoms with Crippen LogP contribution in [-0.4, -0.2) is 4.98 Å². The number of aromatic nitrogens is 1. The molecule has 0 aliphatic carbocycles. The van der Waals surface area contributed by atoms with Crippen LogP contribution < -0.4 is 0 Å². The number of hydrogen-bond acceptors (Lipinski definition) is 1. The van der Waals surface area contributed by atoms with Gasteiger partial charge in [0.05, 0.1) is 0 Å². The summed E-state index contributed by atoms with van der Waals surface area (Å²) in [4.78, 5) is 4.01. The molecule has 0 aliphatic rings. The lowest BCUT2D eigenvalue weighted by molar-refractivity contribution is 1.30. The van der Waals surface area contributed by atoms with Crippen LogP contribution in [0.4, 0.5) is 0 Å². The highest BCUT2D eigenvalue weighted by Crippen LogP contribution is 2.00. The lowest BCUT2D eigenvalue weighted by atomic mass is 10.2. The number of pyridine rings is 1. The molecule has 0 bridgehead atoms. The third-order valence-corrected chi connectivity index (χ3v) is 1.66. The maximum Gasteiger partial charge on any atom is 0.0449 e. The highest BCUT2D eigenvalue weighted by atomic mass is 127. The van der Waals surface area contributed by atoms with E-state index in [0.717, 1.165) is 11.1 Å². The van der Waals surface area contributed by atoms with Crippen molar-refractivity contribution in [1.29, 1.82) is 0 Å². The van der Waals surface area contributed by atoms with Crippen molar-refractivity contribution in [2.45, 2.75) is 0 Å². The third kappa shape index (κ3) is 3.00. The van der Waals surface area contributed by atoms with Crippen LogP contribution >= 0.6 is 45.2 Å². The van der Waals surface area contributed by atoms with E-state index in [2.05, 4.69) is 24.7 Å². The first-order chi connectivity index (χ1) is 5.86. The quantitative estimate of drug-likeness (QED) is 0.499. The molecule has 1 nitrogen and oxygen atoms in total. The Balaban J connectivity index is 3.06. The summed E-state index contributed by atoms with van der Waals surface area (Å²) in [5.41, 5.74) is 1.81. The second-order valence-electron chi connectivity index (χ2n) is 1.90. The lowest BCUT2D eigenvalue weighted by Gasteiger charge is -1.89. The molecule has 3 heteroatoms. The molecule has 1 aromatic heterocycles. The maximum absolute atomic E-state index is 4.01. The number of nitrogens with zero attached hydrogens (tertiary/aromatic N) is 1. The topological polar surface area (TPSA) is 12.9 Å². The molecule has 0 radical (unpaired) electrons. The van der Waals surface area contributed by atoms with Crippen LogP contribution in [0.3, 0.4) is 0 Å². The Labute approximate surface area is 98.6 Å². The van der Waals surface area contributed by atoms with Crippen LogP contribution in [0.25, 0.3) is 0 Å². The molecule has 0 unspecified atom stereocenters. The van der Waals surface area contributed by atoms with Gasteiger partial charge in [-0.3, -0.25) is 4.98 Å². The zero-order chi connectivity index (χ0) is 8.81. The molecule has 0 amide bonds. The molecule has 0 fully saturated rings. The standard InChI is InChI=1S/C9H3I2N/c10-3-1-8-5-9(2-4-11)7-12-6-8/h5-7H. The molecule has 0 aromatic carbocycles. The van der Waals surface area contributed by atoms with Crippen molar-refractivity contribution in [3.63, 3.8) is 0 Å². The number of hydrogen-bond donors (Lipinski definition) is 0. The average molecular weight is 379 g/mol. The van der Waals surface area contributed by atoms with Gasteiger partial charge < -0.3 is 0 Å². The first-order valence-corrected chi connectivity index (χ1v) is 5.21. The van der Waals surface area contributed by atoms with E-state index < -0.39 is 0 Å². The molecule has 1 heterocycles. The smallest absolute Gasteiger partial charge is 0.0449 e. The second kappa shape index (κ2) is 5.39. The summed E-state index contributed by atoms with van der Waals surface area (Å²) in [6.45, 7) is 0. The molecule has 0 saturated carbocycles. The lowest BCUT2D eigenvalue weighted by Crippen LogP contribution is -1.80. The van der Waals surface area contributed by atoms with E-state index in [1.165, 1.54) is 0 Å². The van der Waals surface area contributed by atoms with Gasteiger partial charge >= 0.3 is 0 Å². The normalized spacial score (nSPS) is 7.50. The minimum Gasteiger partial charge on any atom is -0.262 e. The van der Waals surface area contributed by atoms with Gasteiger partial charge in [-0.05, 0) is 13.9 Å². The zero-order valence-corrected chi connectivity index (χ0v) is 10.3. The Morgan fingerprint density at radius 2 is 1.50 bits per heavy atom. The second-order valence-corrected chi connectivity index (χ2v) is 2.98. The van der Waals surface area contributed by atoms with Crippen LogP contribution in [0.2, 0.25) is 0 Å². The summed E-state index contributed by atoms with van der Waals surface area (Å²) in [5.74, 6) is 5.82. The van der Waals surface area contributed by atoms with Crippen molar-refractivity contribution in [3.8, 4) is 19.7 Å².